The minimum atomic E-state index is -0.455. The molecule has 2 aromatic rings. The van der Waals surface area contributed by atoms with Crippen LogP contribution in [0.2, 0.25) is 10.0 Å². The first-order chi connectivity index (χ1) is 13.0. The number of amides is 2. The molecule has 0 bridgehead atoms. The zero-order chi connectivity index (χ0) is 19.2. The third kappa shape index (κ3) is 5.20. The van der Waals surface area contributed by atoms with Gasteiger partial charge in [0.15, 0.2) is 5.82 Å². The van der Waals surface area contributed by atoms with Crippen molar-refractivity contribution in [2.45, 2.75) is 38.0 Å². The Kier molecular flexibility index (Phi) is 6.68. The van der Waals surface area contributed by atoms with Crippen molar-refractivity contribution in [2.24, 2.45) is 0 Å². The smallest absolute Gasteiger partial charge is 0.315 e. The predicted octanol–water partition coefficient (Wildman–Crippen LogP) is 3.58. The lowest BCUT2D eigenvalue weighted by Crippen LogP contribution is -2.35. The number of halogens is 2. The Morgan fingerprint density at radius 3 is 2.48 bits per heavy atom. The first-order valence-corrected chi connectivity index (χ1v) is 9.65. The fourth-order valence-corrected chi connectivity index (χ4v) is 3.54. The second-order valence-electron chi connectivity index (χ2n) is 6.43. The molecule has 7 nitrogen and oxygen atoms in total. The summed E-state index contributed by atoms with van der Waals surface area (Å²) < 4.78 is 5.06. The van der Waals surface area contributed by atoms with Gasteiger partial charge in [0.25, 0.3) is 5.91 Å². The molecule has 1 aromatic heterocycles. The molecule has 0 spiro atoms. The van der Waals surface area contributed by atoms with Gasteiger partial charge < -0.3 is 15.2 Å². The summed E-state index contributed by atoms with van der Waals surface area (Å²) in [5.41, 5.74) is 0.321. The molecule has 1 fully saturated rings. The predicted molar refractivity (Wildman–Crippen MR) is 101 cm³/mol. The number of aromatic nitrogens is 2. The monoisotopic (exact) mass is 410 g/mol. The zero-order valence-electron chi connectivity index (χ0n) is 14.6. The molecule has 0 aliphatic heterocycles. The Morgan fingerprint density at radius 1 is 1.07 bits per heavy atom. The van der Waals surface area contributed by atoms with Crippen LogP contribution in [0.1, 0.15) is 64.9 Å². The van der Waals surface area contributed by atoms with Gasteiger partial charge in [0, 0.05) is 24.0 Å². The number of benzene rings is 1. The van der Waals surface area contributed by atoms with E-state index in [9.17, 15) is 9.59 Å². The van der Waals surface area contributed by atoms with Gasteiger partial charge in [-0.05, 0) is 31.0 Å². The van der Waals surface area contributed by atoms with Crippen LogP contribution in [-0.2, 0) is 0 Å². The molecule has 2 N–H and O–H groups in total. The normalized spacial score (nSPS) is 14.7. The quantitative estimate of drug-likeness (QED) is 0.709. The molecule has 1 aliphatic rings. The lowest BCUT2D eigenvalue weighted by molar-refractivity contribution is 0.0898. The highest BCUT2D eigenvalue weighted by molar-refractivity contribution is 6.36. The van der Waals surface area contributed by atoms with Crippen LogP contribution in [0.4, 0.5) is 0 Å². The maximum absolute atomic E-state index is 12.1. The van der Waals surface area contributed by atoms with E-state index in [-0.39, 0.29) is 35.8 Å². The summed E-state index contributed by atoms with van der Waals surface area (Å²) in [6.07, 6.45) is 5.59. The van der Waals surface area contributed by atoms with E-state index in [4.69, 9.17) is 27.7 Å². The number of nitrogens with zero attached hydrogens (tertiary/aromatic N) is 2. The van der Waals surface area contributed by atoms with Crippen molar-refractivity contribution >= 4 is 35.0 Å². The summed E-state index contributed by atoms with van der Waals surface area (Å²) in [4.78, 5) is 28.4. The van der Waals surface area contributed by atoms with E-state index in [1.165, 1.54) is 12.5 Å². The summed E-state index contributed by atoms with van der Waals surface area (Å²) in [6, 6.07) is 4.63. The van der Waals surface area contributed by atoms with Gasteiger partial charge in [-0.15, -0.1) is 0 Å². The van der Waals surface area contributed by atoms with E-state index in [1.807, 2.05) is 0 Å². The molecule has 1 aromatic carbocycles. The maximum Gasteiger partial charge on any atom is 0.315 e. The van der Waals surface area contributed by atoms with Gasteiger partial charge in [0.05, 0.1) is 10.6 Å². The van der Waals surface area contributed by atoms with E-state index in [0.717, 1.165) is 25.7 Å². The largest absolute Gasteiger partial charge is 0.350 e. The average Bonchev–Trinajstić information content (AvgIpc) is 3.16. The standard InChI is InChI=1S/C18H20Cl2N4O3/c19-12-6-7-13(14(20)10-12)16(25)21-8-9-22-17(26)18-23-15(24-27-18)11-4-2-1-3-5-11/h6-7,10-11H,1-5,8-9H2,(H,21,25)(H,22,26). The van der Waals surface area contributed by atoms with Crippen LogP contribution in [0, 0.1) is 0 Å². The zero-order valence-corrected chi connectivity index (χ0v) is 16.1. The molecule has 1 heterocycles. The highest BCUT2D eigenvalue weighted by Crippen LogP contribution is 2.30. The summed E-state index contributed by atoms with van der Waals surface area (Å²) in [6.45, 7) is 0.448. The molecule has 1 saturated carbocycles. The molecule has 0 unspecified atom stereocenters. The van der Waals surface area contributed by atoms with Crippen LogP contribution in [0.15, 0.2) is 22.7 Å². The Labute approximate surface area is 166 Å². The number of carbonyl (C=O) groups excluding carboxylic acids is 2. The van der Waals surface area contributed by atoms with Crippen LogP contribution >= 0.6 is 23.2 Å². The molecule has 27 heavy (non-hydrogen) atoms. The molecule has 0 atom stereocenters. The molecule has 3 rings (SSSR count). The topological polar surface area (TPSA) is 97.1 Å². The minimum Gasteiger partial charge on any atom is -0.350 e. The fourth-order valence-electron chi connectivity index (χ4n) is 3.05. The van der Waals surface area contributed by atoms with Gasteiger partial charge in [0.1, 0.15) is 0 Å². The second-order valence-corrected chi connectivity index (χ2v) is 7.27. The first kappa shape index (κ1) is 19.6. The highest BCUT2D eigenvalue weighted by Gasteiger charge is 2.23. The van der Waals surface area contributed by atoms with Crippen LogP contribution in [0.3, 0.4) is 0 Å². The van der Waals surface area contributed by atoms with Crippen LogP contribution in [0.5, 0.6) is 0 Å². The summed E-state index contributed by atoms with van der Waals surface area (Å²) in [5, 5.41) is 9.97. The number of hydrogen-bond acceptors (Lipinski definition) is 5. The lowest BCUT2D eigenvalue weighted by Gasteiger charge is -2.17. The fraction of sp³-hybridized carbons (Fsp3) is 0.444. The van der Waals surface area contributed by atoms with Crippen molar-refractivity contribution in [3.63, 3.8) is 0 Å². The number of hydrogen-bond donors (Lipinski definition) is 2. The van der Waals surface area contributed by atoms with Crippen molar-refractivity contribution in [3.05, 3.63) is 45.5 Å². The summed E-state index contributed by atoms with van der Waals surface area (Å²) >= 11 is 11.8. The molecule has 9 heteroatoms. The molecule has 144 valence electrons. The van der Waals surface area contributed by atoms with Crippen LogP contribution in [-0.4, -0.2) is 35.0 Å². The number of rotatable bonds is 6. The molecule has 0 radical (unpaired) electrons. The van der Waals surface area contributed by atoms with E-state index in [0.29, 0.717) is 16.4 Å². The number of carbonyl (C=O) groups is 2. The Morgan fingerprint density at radius 2 is 1.78 bits per heavy atom. The molecule has 1 aliphatic carbocycles. The van der Waals surface area contributed by atoms with Crippen molar-refractivity contribution in [1.29, 1.82) is 0 Å². The van der Waals surface area contributed by atoms with Crippen LogP contribution in [0.25, 0.3) is 0 Å². The summed E-state index contributed by atoms with van der Waals surface area (Å²) in [5.74, 6) is 0.0206. The Balaban J connectivity index is 1.44. The third-order valence-electron chi connectivity index (χ3n) is 4.48. The van der Waals surface area contributed by atoms with Gasteiger partial charge in [-0.2, -0.15) is 4.98 Å². The molecular weight excluding hydrogens is 391 g/mol. The third-order valence-corrected chi connectivity index (χ3v) is 5.03. The Bertz CT molecular complexity index is 819. The Hall–Kier alpha value is -2.12. The van der Waals surface area contributed by atoms with E-state index < -0.39 is 5.91 Å². The molecule has 2 amide bonds. The highest BCUT2D eigenvalue weighted by atomic mass is 35.5. The average molecular weight is 411 g/mol. The van der Waals surface area contributed by atoms with Crippen molar-refractivity contribution in [1.82, 2.24) is 20.8 Å². The van der Waals surface area contributed by atoms with Gasteiger partial charge >= 0.3 is 11.8 Å². The van der Waals surface area contributed by atoms with E-state index >= 15 is 0 Å². The maximum atomic E-state index is 12.1. The van der Waals surface area contributed by atoms with Gasteiger partial charge in [-0.25, -0.2) is 0 Å². The van der Waals surface area contributed by atoms with Gasteiger partial charge in [-0.3, -0.25) is 9.59 Å². The van der Waals surface area contributed by atoms with Crippen molar-refractivity contribution < 1.29 is 14.1 Å². The van der Waals surface area contributed by atoms with E-state index in [2.05, 4.69) is 20.8 Å². The van der Waals surface area contributed by atoms with E-state index in [1.54, 1.807) is 12.1 Å². The SMILES string of the molecule is O=C(NCCNC(=O)c1ccc(Cl)cc1Cl)c1nc(C2CCCCC2)no1. The minimum absolute atomic E-state index is 0.0531. The first-order valence-electron chi connectivity index (χ1n) is 8.89. The second kappa shape index (κ2) is 9.19. The van der Waals surface area contributed by atoms with Gasteiger partial charge in [-0.1, -0.05) is 47.6 Å². The number of nitrogens with one attached hydrogen (secondary N) is 2. The molecular formula is C18H20Cl2N4O3. The molecule has 0 saturated heterocycles. The van der Waals surface area contributed by atoms with Crippen LogP contribution < -0.4 is 10.6 Å². The summed E-state index contributed by atoms with van der Waals surface area (Å²) in [7, 11) is 0. The lowest BCUT2D eigenvalue weighted by atomic mass is 9.89. The van der Waals surface area contributed by atoms with Gasteiger partial charge in [0.2, 0.25) is 0 Å². The van der Waals surface area contributed by atoms with Crippen molar-refractivity contribution in [2.75, 3.05) is 13.1 Å². The van der Waals surface area contributed by atoms with Crippen molar-refractivity contribution in [3.8, 4) is 0 Å².